The highest BCUT2D eigenvalue weighted by Crippen LogP contribution is 2.04. The number of urea groups is 1. The van der Waals surface area contributed by atoms with Crippen LogP contribution in [0.2, 0.25) is 0 Å². The average molecular weight is 249 g/mol. The van der Waals surface area contributed by atoms with Crippen LogP contribution < -0.4 is 11.2 Å². The minimum Gasteiger partial charge on any atom is -0.477 e. The largest absolute Gasteiger partial charge is 0.477 e. The number of hydrazone groups is 1. The molecule has 0 atom stereocenters. The zero-order valence-electron chi connectivity index (χ0n) is 9.29. The van der Waals surface area contributed by atoms with Crippen LogP contribution >= 0.6 is 0 Å². The van der Waals surface area contributed by atoms with Gasteiger partial charge in [-0.25, -0.2) is 15.0 Å². The molecule has 18 heavy (non-hydrogen) atoms. The second kappa shape index (κ2) is 6.14. The third-order valence-electron chi connectivity index (χ3n) is 1.97. The van der Waals surface area contributed by atoms with Gasteiger partial charge >= 0.3 is 12.0 Å². The number of aliphatic carboxylic acids is 1. The summed E-state index contributed by atoms with van der Waals surface area (Å²) < 4.78 is 0. The Kier molecular flexibility index (Phi) is 4.56. The topological polar surface area (TPSA) is 122 Å². The highest BCUT2D eigenvalue weighted by Gasteiger charge is 2.16. The van der Waals surface area contributed by atoms with E-state index in [0.29, 0.717) is 5.56 Å². The van der Waals surface area contributed by atoms with E-state index in [9.17, 15) is 14.4 Å². The molecule has 1 aromatic carbocycles. The van der Waals surface area contributed by atoms with E-state index in [1.54, 1.807) is 35.8 Å². The van der Waals surface area contributed by atoms with E-state index in [1.807, 2.05) is 0 Å². The highest BCUT2D eigenvalue weighted by atomic mass is 16.4. The molecule has 0 aromatic heterocycles. The molecule has 0 bridgehead atoms. The number of Topliss-reactive ketones (excluding diaryl/α,β-unsaturated/α-hetero) is 1. The molecule has 0 spiro atoms. The molecule has 0 aliphatic rings. The number of primary amides is 1. The molecule has 94 valence electrons. The predicted octanol–water partition coefficient (Wildman–Crippen LogP) is 0.368. The lowest BCUT2D eigenvalue weighted by Gasteiger charge is -2.01. The Bertz CT molecular complexity index is 496. The van der Waals surface area contributed by atoms with Crippen molar-refractivity contribution in [3.8, 4) is 0 Å². The van der Waals surface area contributed by atoms with E-state index in [1.165, 1.54) is 0 Å². The number of hydrogen-bond donors (Lipinski definition) is 3. The van der Waals surface area contributed by atoms with Gasteiger partial charge < -0.3 is 10.8 Å². The number of carboxylic acids is 1. The normalized spacial score (nSPS) is 10.8. The molecular weight excluding hydrogens is 238 g/mol. The van der Waals surface area contributed by atoms with Gasteiger partial charge in [0.25, 0.3) is 0 Å². The molecule has 7 nitrogen and oxygen atoms in total. The minimum atomic E-state index is -1.40. The van der Waals surface area contributed by atoms with Crippen molar-refractivity contribution < 1.29 is 19.5 Å². The smallest absolute Gasteiger partial charge is 0.352 e. The number of nitrogens with one attached hydrogen (secondary N) is 1. The molecule has 4 N–H and O–H groups in total. The van der Waals surface area contributed by atoms with Crippen molar-refractivity contribution in [1.82, 2.24) is 5.43 Å². The third kappa shape index (κ3) is 4.05. The summed E-state index contributed by atoms with van der Waals surface area (Å²) in [5, 5.41) is 12.1. The van der Waals surface area contributed by atoms with Crippen LogP contribution in [0.3, 0.4) is 0 Å². The summed E-state index contributed by atoms with van der Waals surface area (Å²) in [6.45, 7) is 0. The Morgan fingerprint density at radius 3 is 2.33 bits per heavy atom. The fraction of sp³-hybridized carbons (Fsp3) is 0.0909. The first kappa shape index (κ1) is 13.4. The Balaban J connectivity index is 2.79. The molecule has 0 unspecified atom stereocenters. The van der Waals surface area contributed by atoms with Crippen molar-refractivity contribution in [3.05, 3.63) is 35.9 Å². The second-order valence-electron chi connectivity index (χ2n) is 3.31. The van der Waals surface area contributed by atoms with E-state index in [0.717, 1.165) is 0 Å². The van der Waals surface area contributed by atoms with Gasteiger partial charge in [0, 0.05) is 5.56 Å². The Hall–Kier alpha value is -2.70. The number of nitrogens with zero attached hydrogens (tertiary/aromatic N) is 1. The van der Waals surface area contributed by atoms with E-state index in [-0.39, 0.29) is 0 Å². The third-order valence-corrected chi connectivity index (χ3v) is 1.97. The molecular formula is C11H11N3O4. The zero-order valence-corrected chi connectivity index (χ0v) is 9.29. The summed E-state index contributed by atoms with van der Waals surface area (Å²) in [5.74, 6) is -1.81. The van der Waals surface area contributed by atoms with E-state index >= 15 is 0 Å². The van der Waals surface area contributed by atoms with Gasteiger partial charge in [0.1, 0.15) is 0 Å². The van der Waals surface area contributed by atoms with E-state index in [4.69, 9.17) is 10.8 Å². The van der Waals surface area contributed by atoms with E-state index in [2.05, 4.69) is 5.10 Å². The second-order valence-corrected chi connectivity index (χ2v) is 3.31. The molecule has 7 heteroatoms. The molecule has 0 heterocycles. The maximum Gasteiger partial charge on any atom is 0.352 e. The number of carboxylic acid groups (broad SMARTS) is 1. The van der Waals surface area contributed by atoms with Crippen molar-refractivity contribution in [1.29, 1.82) is 0 Å². The molecule has 2 amide bonds. The van der Waals surface area contributed by atoms with Crippen molar-refractivity contribution in [3.63, 3.8) is 0 Å². The summed E-state index contributed by atoms with van der Waals surface area (Å²) >= 11 is 0. The van der Waals surface area contributed by atoms with Crippen LogP contribution in [-0.4, -0.2) is 28.6 Å². The monoisotopic (exact) mass is 249 g/mol. The lowest BCUT2D eigenvalue weighted by molar-refractivity contribution is -0.129. The van der Waals surface area contributed by atoms with Gasteiger partial charge in [0.2, 0.25) is 0 Å². The predicted molar refractivity (Wildman–Crippen MR) is 63.2 cm³/mol. The van der Waals surface area contributed by atoms with Gasteiger partial charge in [-0.2, -0.15) is 5.10 Å². The maximum atomic E-state index is 11.7. The quantitative estimate of drug-likeness (QED) is 0.396. The number of nitrogens with two attached hydrogens (primary N) is 1. The first-order chi connectivity index (χ1) is 8.50. The first-order valence-corrected chi connectivity index (χ1v) is 4.94. The summed E-state index contributed by atoms with van der Waals surface area (Å²) in [4.78, 5) is 32.9. The van der Waals surface area contributed by atoms with Crippen LogP contribution in [0.15, 0.2) is 35.4 Å². The van der Waals surface area contributed by atoms with Gasteiger partial charge in [-0.3, -0.25) is 4.79 Å². The van der Waals surface area contributed by atoms with Crippen LogP contribution in [0.1, 0.15) is 16.8 Å². The molecule has 0 saturated carbocycles. The lowest BCUT2D eigenvalue weighted by Crippen LogP contribution is -2.28. The minimum absolute atomic E-state index is 0.366. The number of benzene rings is 1. The van der Waals surface area contributed by atoms with Crippen LogP contribution in [0.5, 0.6) is 0 Å². The van der Waals surface area contributed by atoms with Crippen molar-refractivity contribution in [2.24, 2.45) is 10.8 Å². The number of ketones is 1. The van der Waals surface area contributed by atoms with Gasteiger partial charge in [0.05, 0.1) is 6.42 Å². The standard InChI is InChI=1S/C11H11N3O4/c12-11(18)14-13-8(10(16)17)6-9(15)7-4-2-1-3-5-7/h1-5H,6H2,(H,16,17)(H3,12,14,18). The molecule has 1 rings (SSSR count). The molecule has 0 fully saturated rings. The van der Waals surface area contributed by atoms with Crippen LogP contribution in [-0.2, 0) is 4.79 Å². The highest BCUT2D eigenvalue weighted by molar-refractivity contribution is 6.40. The van der Waals surface area contributed by atoms with Gasteiger partial charge in [0.15, 0.2) is 11.5 Å². The van der Waals surface area contributed by atoms with Crippen molar-refractivity contribution in [2.75, 3.05) is 0 Å². The number of hydrogen-bond acceptors (Lipinski definition) is 4. The lowest BCUT2D eigenvalue weighted by atomic mass is 10.1. The number of carbonyl (C=O) groups is 3. The number of rotatable bonds is 5. The number of amides is 2. The Morgan fingerprint density at radius 1 is 1.22 bits per heavy atom. The fourth-order valence-corrected chi connectivity index (χ4v) is 1.16. The van der Waals surface area contributed by atoms with Crippen molar-refractivity contribution in [2.45, 2.75) is 6.42 Å². The molecule has 0 aliphatic heterocycles. The summed E-state index contributed by atoms with van der Waals surface area (Å²) in [6.07, 6.45) is -0.431. The summed E-state index contributed by atoms with van der Waals surface area (Å²) in [7, 11) is 0. The van der Waals surface area contributed by atoms with Gasteiger partial charge in [-0.15, -0.1) is 0 Å². The molecule has 1 aromatic rings. The van der Waals surface area contributed by atoms with Gasteiger partial charge in [-0.1, -0.05) is 30.3 Å². The first-order valence-electron chi connectivity index (χ1n) is 4.94. The molecule has 0 radical (unpaired) electrons. The summed E-state index contributed by atoms with van der Waals surface area (Å²) in [6, 6.07) is 7.17. The number of carbonyl (C=O) groups excluding carboxylic acids is 2. The SMILES string of the molecule is NC(=O)NN=C(CC(=O)c1ccccc1)C(=O)O. The van der Waals surface area contributed by atoms with Crippen LogP contribution in [0.25, 0.3) is 0 Å². The van der Waals surface area contributed by atoms with Crippen LogP contribution in [0, 0.1) is 0 Å². The maximum absolute atomic E-state index is 11.7. The van der Waals surface area contributed by atoms with Gasteiger partial charge in [-0.05, 0) is 0 Å². The average Bonchev–Trinajstić information content (AvgIpc) is 2.34. The zero-order chi connectivity index (χ0) is 13.5. The summed E-state index contributed by atoms with van der Waals surface area (Å²) in [5.41, 5.74) is 6.41. The molecule has 0 saturated heterocycles. The fourth-order valence-electron chi connectivity index (χ4n) is 1.16. The van der Waals surface area contributed by atoms with E-state index < -0.39 is 29.9 Å². The Labute approximate surface area is 102 Å². The molecule has 0 aliphatic carbocycles. The van der Waals surface area contributed by atoms with Crippen LogP contribution in [0.4, 0.5) is 4.79 Å². The van der Waals surface area contributed by atoms with Crippen molar-refractivity contribution >= 4 is 23.5 Å². The Morgan fingerprint density at radius 2 is 1.83 bits per heavy atom.